The zero-order valence-corrected chi connectivity index (χ0v) is 10.7. The molecule has 0 bridgehead atoms. The van der Waals surface area contributed by atoms with Gasteiger partial charge in [0.2, 0.25) is 11.8 Å². The maximum Gasteiger partial charge on any atom is 0.304 e. The predicted molar refractivity (Wildman–Crippen MR) is 61.6 cm³/mol. The fourth-order valence-electron chi connectivity index (χ4n) is 1.22. The van der Waals surface area contributed by atoms with Gasteiger partial charge in [-0.1, -0.05) is 20.8 Å². The van der Waals surface area contributed by atoms with E-state index in [1.807, 2.05) is 32.7 Å². The number of hydrogen-bond acceptors (Lipinski definition) is 5. The van der Waals surface area contributed by atoms with Crippen molar-refractivity contribution >= 4 is 5.97 Å². The van der Waals surface area contributed by atoms with Gasteiger partial charge in [-0.3, -0.25) is 9.69 Å². The number of carboxylic acid groups (broad SMARTS) is 1. The smallest absolute Gasteiger partial charge is 0.304 e. The Labute approximate surface area is 101 Å². The number of rotatable bonds is 5. The lowest BCUT2D eigenvalue weighted by molar-refractivity contribution is -0.137. The molecule has 0 atom stereocenters. The molecule has 0 fully saturated rings. The molecule has 6 heteroatoms. The molecule has 0 radical (unpaired) electrons. The number of aromatic nitrogens is 2. The van der Waals surface area contributed by atoms with Crippen LogP contribution in [0.5, 0.6) is 0 Å². The van der Waals surface area contributed by atoms with E-state index in [0.29, 0.717) is 24.9 Å². The minimum atomic E-state index is -0.808. The predicted octanol–water partition coefficient (Wildman–Crippen LogP) is 1.27. The summed E-state index contributed by atoms with van der Waals surface area (Å²) in [5, 5.41) is 16.5. The molecule has 6 nitrogen and oxygen atoms in total. The minimum absolute atomic E-state index is 0.108. The molecule has 0 saturated carbocycles. The SMILES string of the molecule is CN(CCC(=O)O)Cc1nnc(C(C)(C)C)o1. The van der Waals surface area contributed by atoms with Crippen LogP contribution in [-0.2, 0) is 16.8 Å². The van der Waals surface area contributed by atoms with Crippen LogP contribution < -0.4 is 0 Å². The molecule has 0 unspecified atom stereocenters. The summed E-state index contributed by atoms with van der Waals surface area (Å²) >= 11 is 0. The number of hydrogen-bond donors (Lipinski definition) is 1. The second kappa shape index (κ2) is 5.27. The van der Waals surface area contributed by atoms with Gasteiger partial charge in [-0.15, -0.1) is 10.2 Å². The number of aliphatic carboxylic acids is 1. The average Bonchev–Trinajstić information content (AvgIpc) is 2.62. The lowest BCUT2D eigenvalue weighted by Gasteiger charge is -2.13. The highest BCUT2D eigenvalue weighted by Gasteiger charge is 2.21. The largest absolute Gasteiger partial charge is 0.481 e. The van der Waals surface area contributed by atoms with Gasteiger partial charge in [0.1, 0.15) is 0 Å². The third-order valence-electron chi connectivity index (χ3n) is 2.22. The molecule has 1 aromatic heterocycles. The van der Waals surface area contributed by atoms with Gasteiger partial charge in [-0.05, 0) is 7.05 Å². The first-order valence-corrected chi connectivity index (χ1v) is 5.52. The molecule has 17 heavy (non-hydrogen) atoms. The fourth-order valence-corrected chi connectivity index (χ4v) is 1.22. The molecule has 0 aliphatic heterocycles. The van der Waals surface area contributed by atoms with Crippen LogP contribution in [0.15, 0.2) is 4.42 Å². The van der Waals surface area contributed by atoms with Crippen molar-refractivity contribution in [1.82, 2.24) is 15.1 Å². The van der Waals surface area contributed by atoms with Gasteiger partial charge < -0.3 is 9.52 Å². The third-order valence-corrected chi connectivity index (χ3v) is 2.22. The Morgan fingerprint density at radius 3 is 2.53 bits per heavy atom. The first-order chi connectivity index (χ1) is 7.79. The monoisotopic (exact) mass is 241 g/mol. The molecule has 0 saturated heterocycles. The van der Waals surface area contributed by atoms with Crippen molar-refractivity contribution in [3.05, 3.63) is 11.8 Å². The number of carbonyl (C=O) groups is 1. The van der Waals surface area contributed by atoms with E-state index in [2.05, 4.69) is 10.2 Å². The van der Waals surface area contributed by atoms with Crippen LogP contribution in [0, 0.1) is 0 Å². The summed E-state index contributed by atoms with van der Waals surface area (Å²) in [5.41, 5.74) is -0.162. The van der Waals surface area contributed by atoms with Gasteiger partial charge in [0.05, 0.1) is 13.0 Å². The van der Waals surface area contributed by atoms with E-state index < -0.39 is 5.97 Å². The van der Waals surface area contributed by atoms with E-state index >= 15 is 0 Å². The molecule has 0 spiro atoms. The Morgan fingerprint density at radius 1 is 1.41 bits per heavy atom. The van der Waals surface area contributed by atoms with E-state index in [4.69, 9.17) is 9.52 Å². The Bertz CT molecular complexity index is 382. The quantitative estimate of drug-likeness (QED) is 0.836. The zero-order valence-electron chi connectivity index (χ0n) is 10.7. The molecule has 1 heterocycles. The number of nitrogens with zero attached hydrogens (tertiary/aromatic N) is 3. The highest BCUT2D eigenvalue weighted by Crippen LogP contribution is 2.20. The van der Waals surface area contributed by atoms with E-state index in [-0.39, 0.29) is 11.8 Å². The summed E-state index contributed by atoms with van der Waals surface area (Å²) in [6.07, 6.45) is 0.108. The lowest BCUT2D eigenvalue weighted by atomic mass is 9.97. The highest BCUT2D eigenvalue weighted by molar-refractivity contribution is 5.66. The van der Waals surface area contributed by atoms with Crippen LogP contribution in [0.25, 0.3) is 0 Å². The first kappa shape index (κ1) is 13.6. The average molecular weight is 241 g/mol. The van der Waals surface area contributed by atoms with Crippen molar-refractivity contribution in [3.63, 3.8) is 0 Å². The first-order valence-electron chi connectivity index (χ1n) is 5.52. The van der Waals surface area contributed by atoms with Crippen molar-refractivity contribution in [3.8, 4) is 0 Å². The summed E-state index contributed by atoms with van der Waals surface area (Å²) in [5.74, 6) is 0.305. The third kappa shape index (κ3) is 4.52. The Hall–Kier alpha value is -1.43. The summed E-state index contributed by atoms with van der Waals surface area (Å²) in [4.78, 5) is 12.3. The van der Waals surface area contributed by atoms with Crippen LogP contribution in [0.1, 0.15) is 39.0 Å². The molecular formula is C11H19N3O3. The van der Waals surface area contributed by atoms with Crippen molar-refractivity contribution in [2.75, 3.05) is 13.6 Å². The topological polar surface area (TPSA) is 79.5 Å². The number of carboxylic acids is 1. The van der Waals surface area contributed by atoms with Crippen molar-refractivity contribution in [2.24, 2.45) is 0 Å². The van der Waals surface area contributed by atoms with Crippen LogP contribution in [0.2, 0.25) is 0 Å². The molecule has 0 aromatic carbocycles. The van der Waals surface area contributed by atoms with Crippen molar-refractivity contribution in [1.29, 1.82) is 0 Å². The normalized spacial score (nSPS) is 12.1. The summed E-state index contributed by atoms with van der Waals surface area (Å²) < 4.78 is 5.51. The molecular weight excluding hydrogens is 222 g/mol. The summed E-state index contributed by atoms with van der Waals surface area (Å²) in [6, 6.07) is 0. The lowest BCUT2D eigenvalue weighted by Crippen LogP contribution is -2.21. The standard InChI is InChI=1S/C11H19N3O3/c1-11(2,3)10-13-12-8(17-10)7-14(4)6-5-9(15)16/h5-7H2,1-4H3,(H,15,16). The van der Waals surface area contributed by atoms with Crippen LogP contribution in [0.4, 0.5) is 0 Å². The Balaban J connectivity index is 2.52. The highest BCUT2D eigenvalue weighted by atomic mass is 16.4. The van der Waals surface area contributed by atoms with Crippen molar-refractivity contribution in [2.45, 2.75) is 39.2 Å². The maximum absolute atomic E-state index is 10.4. The van der Waals surface area contributed by atoms with Crippen LogP contribution in [0.3, 0.4) is 0 Å². The second-order valence-corrected chi connectivity index (χ2v) is 5.13. The Morgan fingerprint density at radius 2 is 2.06 bits per heavy atom. The molecule has 0 aliphatic carbocycles. The zero-order chi connectivity index (χ0) is 13.1. The van der Waals surface area contributed by atoms with Crippen molar-refractivity contribution < 1.29 is 14.3 Å². The minimum Gasteiger partial charge on any atom is -0.481 e. The molecule has 1 aromatic rings. The van der Waals surface area contributed by atoms with E-state index in [1.54, 1.807) is 0 Å². The van der Waals surface area contributed by atoms with Gasteiger partial charge >= 0.3 is 5.97 Å². The Kier molecular flexibility index (Phi) is 4.22. The van der Waals surface area contributed by atoms with Gasteiger partial charge in [-0.2, -0.15) is 0 Å². The molecule has 0 aliphatic rings. The van der Waals surface area contributed by atoms with Crippen LogP contribution in [-0.4, -0.2) is 39.8 Å². The summed E-state index contributed by atoms with van der Waals surface area (Å²) in [7, 11) is 1.82. The van der Waals surface area contributed by atoms with E-state index in [9.17, 15) is 4.79 Å². The summed E-state index contributed by atoms with van der Waals surface area (Å²) in [6.45, 7) is 6.92. The second-order valence-electron chi connectivity index (χ2n) is 5.13. The molecule has 1 rings (SSSR count). The maximum atomic E-state index is 10.4. The van der Waals surface area contributed by atoms with Gasteiger partial charge in [0.25, 0.3) is 0 Å². The molecule has 1 N–H and O–H groups in total. The fraction of sp³-hybridized carbons (Fsp3) is 0.727. The van der Waals surface area contributed by atoms with E-state index in [1.165, 1.54) is 0 Å². The van der Waals surface area contributed by atoms with Gasteiger partial charge in [0.15, 0.2) is 0 Å². The van der Waals surface area contributed by atoms with Gasteiger partial charge in [0, 0.05) is 12.0 Å². The van der Waals surface area contributed by atoms with Crippen LogP contribution >= 0.6 is 0 Å². The molecule has 96 valence electrons. The van der Waals surface area contributed by atoms with E-state index in [0.717, 1.165) is 0 Å². The molecule has 0 amide bonds. The van der Waals surface area contributed by atoms with Gasteiger partial charge in [-0.25, -0.2) is 0 Å².